The van der Waals surface area contributed by atoms with Crippen LogP contribution in [0.4, 0.5) is 0 Å². The molecule has 0 spiro atoms. The molecule has 0 amide bonds. The lowest BCUT2D eigenvalue weighted by Crippen LogP contribution is -2.41. The predicted octanol–water partition coefficient (Wildman–Crippen LogP) is 1.45. The molecule has 1 aromatic rings. The van der Waals surface area contributed by atoms with E-state index in [4.69, 9.17) is 9.26 Å². The van der Waals surface area contributed by atoms with Gasteiger partial charge in [0.2, 0.25) is 5.89 Å². The van der Waals surface area contributed by atoms with Crippen LogP contribution >= 0.6 is 24.0 Å². The number of ether oxygens (including phenoxy) is 1. The summed E-state index contributed by atoms with van der Waals surface area (Å²) in [6.07, 6.45) is 2.69. The van der Waals surface area contributed by atoms with Crippen LogP contribution in [-0.2, 0) is 11.2 Å². The molecule has 0 saturated heterocycles. The smallest absolute Gasteiger partial charge is 0.226 e. The topological polar surface area (TPSA) is 87.8 Å². The van der Waals surface area contributed by atoms with Gasteiger partial charge in [-0.15, -0.1) is 24.0 Å². The first kappa shape index (κ1) is 24.1. The third-order valence-electron chi connectivity index (χ3n) is 3.41. The molecule has 1 rings (SSSR count). The molecule has 1 heterocycles. The van der Waals surface area contributed by atoms with Crippen molar-refractivity contribution in [3.05, 3.63) is 11.7 Å². The second kappa shape index (κ2) is 15.3. The Morgan fingerprint density at radius 1 is 1.28 bits per heavy atom. The maximum absolute atomic E-state index is 5.10. The van der Waals surface area contributed by atoms with Gasteiger partial charge in [-0.3, -0.25) is 4.99 Å². The second-order valence-electron chi connectivity index (χ2n) is 5.68. The summed E-state index contributed by atoms with van der Waals surface area (Å²) in [5.41, 5.74) is 0. The van der Waals surface area contributed by atoms with Gasteiger partial charge in [-0.1, -0.05) is 5.16 Å². The van der Waals surface area contributed by atoms with Gasteiger partial charge in [0, 0.05) is 52.9 Å². The Hall–Kier alpha value is -0.940. The third-order valence-corrected chi connectivity index (χ3v) is 3.41. The summed E-state index contributed by atoms with van der Waals surface area (Å²) in [6.45, 7) is 9.13. The van der Waals surface area contributed by atoms with Gasteiger partial charge in [-0.25, -0.2) is 0 Å². The highest BCUT2D eigenvalue weighted by Gasteiger charge is 2.03. The molecule has 0 aliphatic rings. The fourth-order valence-electron chi connectivity index (χ4n) is 2.16. The number of hydrogen-bond acceptors (Lipinski definition) is 6. The van der Waals surface area contributed by atoms with E-state index in [1.807, 2.05) is 6.92 Å². The highest BCUT2D eigenvalue weighted by atomic mass is 127. The van der Waals surface area contributed by atoms with Crippen LogP contribution in [0.25, 0.3) is 0 Å². The van der Waals surface area contributed by atoms with E-state index in [2.05, 4.69) is 44.6 Å². The Bertz CT molecular complexity index is 469. The summed E-state index contributed by atoms with van der Waals surface area (Å²) >= 11 is 0. The molecular formula is C16H33IN6O2. The molecule has 0 radical (unpaired) electrons. The Labute approximate surface area is 168 Å². The SMILES string of the molecule is CCNC(=NCCCc1nc(C)no1)NCCN(C)CCCOC.I. The minimum atomic E-state index is 0. The van der Waals surface area contributed by atoms with E-state index in [0.717, 1.165) is 64.6 Å². The van der Waals surface area contributed by atoms with E-state index in [1.54, 1.807) is 7.11 Å². The number of halogens is 1. The fourth-order valence-corrected chi connectivity index (χ4v) is 2.16. The largest absolute Gasteiger partial charge is 0.385 e. The molecule has 0 bridgehead atoms. The first-order chi connectivity index (χ1) is 11.7. The van der Waals surface area contributed by atoms with E-state index >= 15 is 0 Å². The lowest BCUT2D eigenvalue weighted by Gasteiger charge is -2.18. The van der Waals surface area contributed by atoms with Gasteiger partial charge in [0.05, 0.1) is 0 Å². The normalized spacial score (nSPS) is 11.5. The van der Waals surface area contributed by atoms with Gasteiger partial charge < -0.3 is 24.8 Å². The number of guanidine groups is 1. The summed E-state index contributed by atoms with van der Waals surface area (Å²) in [4.78, 5) is 11.1. The van der Waals surface area contributed by atoms with Crippen molar-refractivity contribution in [3.63, 3.8) is 0 Å². The zero-order chi connectivity index (χ0) is 17.6. The maximum atomic E-state index is 5.10. The summed E-state index contributed by atoms with van der Waals surface area (Å²) in [5.74, 6) is 2.21. The van der Waals surface area contributed by atoms with E-state index in [1.165, 1.54) is 0 Å². The molecule has 0 saturated carbocycles. The van der Waals surface area contributed by atoms with Crippen molar-refractivity contribution in [2.75, 3.05) is 53.5 Å². The first-order valence-electron chi connectivity index (χ1n) is 8.64. The van der Waals surface area contributed by atoms with Gasteiger partial charge in [-0.2, -0.15) is 4.98 Å². The van der Waals surface area contributed by atoms with E-state index in [9.17, 15) is 0 Å². The summed E-state index contributed by atoms with van der Waals surface area (Å²) in [6, 6.07) is 0. The van der Waals surface area contributed by atoms with Crippen molar-refractivity contribution in [3.8, 4) is 0 Å². The quantitative estimate of drug-likeness (QED) is 0.208. The number of nitrogens with one attached hydrogen (secondary N) is 2. The number of hydrogen-bond donors (Lipinski definition) is 2. The van der Waals surface area contributed by atoms with Crippen LogP contribution < -0.4 is 10.6 Å². The molecule has 0 atom stereocenters. The van der Waals surface area contributed by atoms with E-state index in [0.29, 0.717) is 11.7 Å². The third kappa shape index (κ3) is 12.1. The molecule has 146 valence electrons. The van der Waals surface area contributed by atoms with Crippen molar-refractivity contribution >= 4 is 29.9 Å². The zero-order valence-corrected chi connectivity index (χ0v) is 18.2. The van der Waals surface area contributed by atoms with Gasteiger partial charge >= 0.3 is 0 Å². The minimum absolute atomic E-state index is 0. The molecule has 2 N–H and O–H groups in total. The Kier molecular flexibility index (Phi) is 14.7. The van der Waals surface area contributed by atoms with E-state index < -0.39 is 0 Å². The molecular weight excluding hydrogens is 435 g/mol. The number of nitrogens with zero attached hydrogens (tertiary/aromatic N) is 4. The Morgan fingerprint density at radius 3 is 2.72 bits per heavy atom. The Balaban J connectivity index is 0.00000576. The zero-order valence-electron chi connectivity index (χ0n) is 15.9. The second-order valence-corrected chi connectivity index (χ2v) is 5.68. The summed E-state index contributed by atoms with van der Waals surface area (Å²) in [5, 5.41) is 10.4. The molecule has 1 aromatic heterocycles. The average Bonchev–Trinajstić information content (AvgIpc) is 2.97. The van der Waals surface area contributed by atoms with Gasteiger partial charge in [-0.05, 0) is 33.7 Å². The summed E-state index contributed by atoms with van der Waals surface area (Å²) < 4.78 is 10.2. The molecule has 9 heteroatoms. The summed E-state index contributed by atoms with van der Waals surface area (Å²) in [7, 11) is 3.86. The van der Waals surface area contributed by atoms with Gasteiger partial charge in [0.1, 0.15) is 0 Å². The van der Waals surface area contributed by atoms with Crippen molar-refractivity contribution in [1.29, 1.82) is 0 Å². The number of aliphatic imine (C=N–C) groups is 1. The average molecular weight is 468 g/mol. The number of likely N-dealkylation sites (N-methyl/N-ethyl adjacent to an activating group) is 1. The lowest BCUT2D eigenvalue weighted by molar-refractivity contribution is 0.180. The van der Waals surface area contributed by atoms with Crippen molar-refractivity contribution in [2.24, 2.45) is 4.99 Å². The molecule has 8 nitrogen and oxygen atoms in total. The Morgan fingerprint density at radius 2 is 2.08 bits per heavy atom. The lowest BCUT2D eigenvalue weighted by atomic mass is 10.3. The highest BCUT2D eigenvalue weighted by Crippen LogP contribution is 1.99. The monoisotopic (exact) mass is 468 g/mol. The van der Waals surface area contributed by atoms with Crippen LogP contribution in [0.3, 0.4) is 0 Å². The minimum Gasteiger partial charge on any atom is -0.385 e. The van der Waals surface area contributed by atoms with Crippen LogP contribution in [0.1, 0.15) is 31.5 Å². The van der Waals surface area contributed by atoms with E-state index in [-0.39, 0.29) is 24.0 Å². The molecule has 25 heavy (non-hydrogen) atoms. The van der Waals surface area contributed by atoms with Crippen LogP contribution in [0.2, 0.25) is 0 Å². The van der Waals surface area contributed by atoms with Crippen molar-refractivity contribution in [1.82, 2.24) is 25.7 Å². The molecule has 0 unspecified atom stereocenters. The molecule has 0 aliphatic carbocycles. The molecule has 0 fully saturated rings. The number of aromatic nitrogens is 2. The maximum Gasteiger partial charge on any atom is 0.226 e. The number of methoxy groups -OCH3 is 1. The highest BCUT2D eigenvalue weighted by molar-refractivity contribution is 14.0. The van der Waals surface area contributed by atoms with Gasteiger partial charge in [0.25, 0.3) is 0 Å². The predicted molar refractivity (Wildman–Crippen MR) is 111 cm³/mol. The number of aryl methyl sites for hydroxylation is 2. The fraction of sp³-hybridized carbons (Fsp3) is 0.812. The number of rotatable bonds is 12. The standard InChI is InChI=1S/C16H32N6O2.HI/c1-5-17-16(19-10-12-22(3)11-7-13-23-4)18-9-6-8-15-20-14(2)21-24-15;/h5-13H2,1-4H3,(H2,17,18,19);1H. The van der Waals surface area contributed by atoms with Crippen molar-refractivity contribution < 1.29 is 9.26 Å². The van der Waals surface area contributed by atoms with Crippen LogP contribution in [0.5, 0.6) is 0 Å². The van der Waals surface area contributed by atoms with Crippen LogP contribution in [0, 0.1) is 6.92 Å². The van der Waals surface area contributed by atoms with Crippen LogP contribution in [-0.4, -0.2) is 74.5 Å². The molecule has 0 aliphatic heterocycles. The first-order valence-corrected chi connectivity index (χ1v) is 8.64. The van der Waals surface area contributed by atoms with Gasteiger partial charge in [0.15, 0.2) is 11.8 Å². The molecule has 0 aromatic carbocycles. The van der Waals surface area contributed by atoms with Crippen molar-refractivity contribution in [2.45, 2.75) is 33.1 Å². The van der Waals surface area contributed by atoms with Crippen LogP contribution in [0.15, 0.2) is 9.52 Å².